The van der Waals surface area contributed by atoms with Crippen LogP contribution < -0.4 is 11.1 Å². The number of hydrogen-bond acceptors (Lipinski definition) is 5. The molecule has 0 unspecified atom stereocenters. The van der Waals surface area contributed by atoms with Crippen LogP contribution in [0.3, 0.4) is 0 Å². The van der Waals surface area contributed by atoms with E-state index in [9.17, 15) is 9.59 Å². The van der Waals surface area contributed by atoms with Crippen molar-refractivity contribution in [2.45, 2.75) is 62.7 Å². The Morgan fingerprint density at radius 1 is 1.10 bits per heavy atom. The second kappa shape index (κ2) is 13.3. The van der Waals surface area contributed by atoms with Crippen molar-refractivity contribution < 1.29 is 14.7 Å². The minimum Gasteiger partial charge on any atom is -0.480 e. The summed E-state index contributed by atoms with van der Waals surface area (Å²) in [5.41, 5.74) is 5.39. The zero-order valence-electron chi connectivity index (χ0n) is 12.5. The van der Waals surface area contributed by atoms with Crippen LogP contribution in [-0.4, -0.2) is 40.6 Å². The predicted octanol–water partition coefficient (Wildman–Crippen LogP) is 1.86. The number of hydrogen-bond donors (Lipinski definition) is 5. The van der Waals surface area contributed by atoms with Gasteiger partial charge in [0, 0.05) is 18.2 Å². The molecule has 0 radical (unpaired) electrons. The van der Waals surface area contributed by atoms with Crippen LogP contribution >= 0.6 is 25.3 Å². The molecule has 0 aliphatic rings. The third-order valence-corrected chi connectivity index (χ3v) is 4.01. The van der Waals surface area contributed by atoms with Gasteiger partial charge in [0.1, 0.15) is 6.04 Å². The zero-order valence-corrected chi connectivity index (χ0v) is 14.3. The number of carbonyl (C=O) groups is 2. The van der Waals surface area contributed by atoms with Crippen LogP contribution in [0.15, 0.2) is 0 Å². The molecule has 0 aromatic carbocycles. The molecule has 1 amide bonds. The van der Waals surface area contributed by atoms with E-state index in [-0.39, 0.29) is 5.91 Å². The number of unbranched alkanes of at least 4 members (excludes halogenated alkanes) is 2. The second-order valence-electron chi connectivity index (χ2n) is 5.20. The molecule has 0 saturated heterocycles. The van der Waals surface area contributed by atoms with Crippen LogP contribution in [0.2, 0.25) is 0 Å². The van der Waals surface area contributed by atoms with E-state index in [0.29, 0.717) is 31.1 Å². The number of nitrogens with two attached hydrogens (primary N) is 1. The smallest absolute Gasteiger partial charge is 0.320 e. The van der Waals surface area contributed by atoms with Crippen molar-refractivity contribution in [2.75, 3.05) is 12.3 Å². The van der Waals surface area contributed by atoms with Crippen LogP contribution in [0.25, 0.3) is 0 Å². The van der Waals surface area contributed by atoms with Gasteiger partial charge < -0.3 is 16.2 Å². The largest absolute Gasteiger partial charge is 0.480 e. The molecule has 0 saturated carbocycles. The van der Waals surface area contributed by atoms with Crippen LogP contribution in [0.5, 0.6) is 0 Å². The molecule has 0 aromatic heterocycles. The van der Waals surface area contributed by atoms with Crippen molar-refractivity contribution in [1.29, 1.82) is 0 Å². The molecular formula is C14H28N2O3S2. The fraction of sp³-hybridized carbons (Fsp3) is 0.857. The average molecular weight is 337 g/mol. The summed E-state index contributed by atoms with van der Waals surface area (Å²) >= 11 is 8.61. The monoisotopic (exact) mass is 336 g/mol. The Morgan fingerprint density at radius 3 is 2.38 bits per heavy atom. The lowest BCUT2D eigenvalue weighted by atomic mass is 10.1. The maximum atomic E-state index is 11.6. The maximum Gasteiger partial charge on any atom is 0.320 e. The normalized spacial score (nSPS) is 13.7. The first-order valence-electron chi connectivity index (χ1n) is 7.51. The Kier molecular flexibility index (Phi) is 13.0. The molecule has 0 spiro atoms. The van der Waals surface area contributed by atoms with Crippen LogP contribution in [0, 0.1) is 0 Å². The minimum absolute atomic E-state index is 0.0578. The molecule has 7 heteroatoms. The Labute approximate surface area is 138 Å². The molecule has 0 heterocycles. The lowest BCUT2D eigenvalue weighted by molar-refractivity contribution is -0.138. The Hall–Kier alpha value is -0.400. The van der Waals surface area contributed by atoms with Crippen LogP contribution in [0.1, 0.15) is 51.4 Å². The number of rotatable bonds is 13. The summed E-state index contributed by atoms with van der Waals surface area (Å²) in [7, 11) is 0. The van der Waals surface area contributed by atoms with Gasteiger partial charge in [-0.1, -0.05) is 6.42 Å². The lowest BCUT2D eigenvalue weighted by Gasteiger charge is -2.09. The summed E-state index contributed by atoms with van der Waals surface area (Å²) in [4.78, 5) is 22.1. The molecule has 0 bridgehead atoms. The zero-order chi connectivity index (χ0) is 16.1. The maximum absolute atomic E-state index is 11.6. The summed E-state index contributed by atoms with van der Waals surface area (Å²) in [5, 5.41) is 11.8. The fourth-order valence-electron chi connectivity index (χ4n) is 1.89. The Morgan fingerprint density at radius 2 is 1.76 bits per heavy atom. The van der Waals surface area contributed by atoms with Crippen LogP contribution in [0.4, 0.5) is 0 Å². The quantitative estimate of drug-likeness (QED) is 0.262. The van der Waals surface area contributed by atoms with Gasteiger partial charge in [0.15, 0.2) is 0 Å². The second-order valence-corrected chi connectivity index (χ2v) is 6.38. The van der Waals surface area contributed by atoms with E-state index in [1.807, 2.05) is 0 Å². The molecule has 5 nitrogen and oxygen atoms in total. The number of amides is 1. The molecule has 4 N–H and O–H groups in total. The van der Waals surface area contributed by atoms with Gasteiger partial charge in [-0.15, -0.1) is 0 Å². The minimum atomic E-state index is -0.973. The summed E-state index contributed by atoms with van der Waals surface area (Å²) in [6, 6.07) is -0.799. The van der Waals surface area contributed by atoms with E-state index in [4.69, 9.17) is 10.8 Å². The van der Waals surface area contributed by atoms with E-state index in [1.165, 1.54) is 0 Å². The molecule has 0 aromatic rings. The highest BCUT2D eigenvalue weighted by Crippen LogP contribution is 2.12. The number of carboxylic acids is 1. The summed E-state index contributed by atoms with van der Waals surface area (Å²) < 4.78 is 0. The topological polar surface area (TPSA) is 92.4 Å². The van der Waals surface area contributed by atoms with Gasteiger partial charge >= 0.3 is 5.97 Å². The van der Waals surface area contributed by atoms with Gasteiger partial charge in [0.2, 0.25) is 5.91 Å². The first-order valence-corrected chi connectivity index (χ1v) is 8.66. The standard InChI is InChI=1S/C14H28N2O3S2/c15-12(14(18)19)6-3-4-9-16-13(17)7-2-1-5-11(21)8-10-20/h11-12,20-21H,1-10,15H2,(H,16,17)(H,18,19)/t11-,12+/m1/s1. The van der Waals surface area contributed by atoms with Gasteiger partial charge in [-0.05, 0) is 44.3 Å². The molecule has 124 valence electrons. The van der Waals surface area contributed by atoms with E-state index in [1.54, 1.807) is 0 Å². The summed E-state index contributed by atoms with van der Waals surface area (Å²) in [5.74, 6) is -0.0675. The van der Waals surface area contributed by atoms with Crippen molar-refractivity contribution >= 4 is 37.1 Å². The number of nitrogens with one attached hydrogen (secondary N) is 1. The SMILES string of the molecule is N[C@@H](CCCCNC(=O)CCCC[C@@H](S)CCS)C(=O)O. The van der Waals surface area contributed by atoms with Gasteiger partial charge in [-0.25, -0.2) is 0 Å². The Balaban J connectivity index is 3.41. The van der Waals surface area contributed by atoms with Gasteiger partial charge in [0.25, 0.3) is 0 Å². The van der Waals surface area contributed by atoms with Crippen molar-refractivity contribution in [2.24, 2.45) is 5.73 Å². The van der Waals surface area contributed by atoms with Gasteiger partial charge in [-0.2, -0.15) is 25.3 Å². The third kappa shape index (κ3) is 13.0. The molecule has 0 aliphatic heterocycles. The third-order valence-electron chi connectivity index (χ3n) is 3.23. The Bertz CT molecular complexity index is 304. The van der Waals surface area contributed by atoms with E-state index in [2.05, 4.69) is 30.6 Å². The van der Waals surface area contributed by atoms with Gasteiger partial charge in [-0.3, -0.25) is 9.59 Å². The van der Waals surface area contributed by atoms with Crippen molar-refractivity contribution in [3.8, 4) is 0 Å². The number of thiol groups is 2. The summed E-state index contributed by atoms with van der Waals surface area (Å²) in [6.07, 6.45) is 6.34. The molecule has 21 heavy (non-hydrogen) atoms. The lowest BCUT2D eigenvalue weighted by Crippen LogP contribution is -2.30. The van der Waals surface area contributed by atoms with Crippen molar-refractivity contribution in [3.63, 3.8) is 0 Å². The van der Waals surface area contributed by atoms with E-state index >= 15 is 0 Å². The van der Waals surface area contributed by atoms with E-state index in [0.717, 1.165) is 37.9 Å². The molecule has 0 rings (SSSR count). The molecule has 2 atom stereocenters. The first kappa shape index (κ1) is 20.6. The highest BCUT2D eigenvalue weighted by atomic mass is 32.1. The predicted molar refractivity (Wildman–Crippen MR) is 92.2 cm³/mol. The highest BCUT2D eigenvalue weighted by Gasteiger charge is 2.10. The van der Waals surface area contributed by atoms with E-state index < -0.39 is 12.0 Å². The van der Waals surface area contributed by atoms with Crippen LogP contribution in [-0.2, 0) is 9.59 Å². The highest BCUT2D eigenvalue weighted by molar-refractivity contribution is 7.81. The first-order chi connectivity index (χ1) is 9.97. The molecular weight excluding hydrogens is 308 g/mol. The fourth-order valence-corrected chi connectivity index (χ4v) is 2.71. The van der Waals surface area contributed by atoms with Gasteiger partial charge in [0.05, 0.1) is 0 Å². The molecule has 0 aliphatic carbocycles. The average Bonchev–Trinajstić information content (AvgIpc) is 2.43. The number of carbonyl (C=O) groups excluding carboxylic acids is 1. The summed E-state index contributed by atoms with van der Waals surface area (Å²) in [6.45, 7) is 0.583. The number of carboxylic acid groups (broad SMARTS) is 1. The molecule has 0 fully saturated rings. The van der Waals surface area contributed by atoms with Crippen molar-refractivity contribution in [1.82, 2.24) is 5.32 Å². The van der Waals surface area contributed by atoms with Crippen molar-refractivity contribution in [3.05, 3.63) is 0 Å². The number of aliphatic carboxylic acids is 1.